The number of aromatic nitrogens is 2. The van der Waals surface area contributed by atoms with Crippen LogP contribution in [0.1, 0.15) is 15.5 Å². The molecule has 6 nitrogen and oxygen atoms in total. The molecule has 23 heavy (non-hydrogen) atoms. The van der Waals surface area contributed by atoms with Gasteiger partial charge in [-0.25, -0.2) is 4.98 Å². The molecule has 0 atom stereocenters. The molecule has 8 heteroatoms. The number of hydrazine groups is 1. The van der Waals surface area contributed by atoms with Crippen LogP contribution in [0, 0.1) is 0 Å². The fourth-order valence-corrected chi connectivity index (χ4v) is 3.10. The fourth-order valence-electron chi connectivity index (χ4n) is 2.17. The van der Waals surface area contributed by atoms with Crippen molar-refractivity contribution in [2.45, 2.75) is 6.42 Å². The van der Waals surface area contributed by atoms with Gasteiger partial charge in [0.2, 0.25) is 5.91 Å². The Morgan fingerprint density at radius 1 is 1.22 bits per heavy atom. The first-order valence-corrected chi connectivity index (χ1v) is 7.99. The smallest absolute Gasteiger partial charge is 0.279 e. The molecule has 2 heterocycles. The van der Waals surface area contributed by atoms with E-state index >= 15 is 0 Å². The summed E-state index contributed by atoms with van der Waals surface area (Å²) in [4.78, 5) is 28.7. The van der Waals surface area contributed by atoms with E-state index in [1.807, 2.05) is 35.9 Å². The molecule has 3 aromatic rings. The molecule has 2 aromatic heterocycles. The van der Waals surface area contributed by atoms with Crippen molar-refractivity contribution in [3.05, 3.63) is 51.4 Å². The summed E-state index contributed by atoms with van der Waals surface area (Å²) in [6, 6.07) is 10.9. The average Bonchev–Trinajstić information content (AvgIpc) is 3.10. The number of aryl methyl sites for hydroxylation is 1. The Morgan fingerprint density at radius 2 is 2.00 bits per heavy atom. The summed E-state index contributed by atoms with van der Waals surface area (Å²) in [6.07, 6.45) is 0.0661. The van der Waals surface area contributed by atoms with Gasteiger partial charge in [0, 0.05) is 7.05 Å². The number of nitrogens with zero attached hydrogens (tertiary/aromatic N) is 2. The number of carbonyl (C=O) groups excluding carboxylic acids is 2. The molecule has 0 bridgehead atoms. The van der Waals surface area contributed by atoms with E-state index < -0.39 is 5.91 Å². The highest BCUT2D eigenvalue weighted by Crippen LogP contribution is 2.20. The highest BCUT2D eigenvalue weighted by molar-refractivity contribution is 7.17. The molecule has 1 aromatic carbocycles. The first-order chi connectivity index (χ1) is 11.0. The lowest BCUT2D eigenvalue weighted by Gasteiger charge is -2.06. The Hall–Kier alpha value is -2.38. The van der Waals surface area contributed by atoms with Crippen LogP contribution in [-0.4, -0.2) is 21.4 Å². The van der Waals surface area contributed by atoms with E-state index in [-0.39, 0.29) is 12.3 Å². The van der Waals surface area contributed by atoms with Crippen LogP contribution in [0.15, 0.2) is 36.4 Å². The minimum Gasteiger partial charge on any atom is -0.331 e. The molecule has 0 radical (unpaired) electrons. The van der Waals surface area contributed by atoms with Crippen molar-refractivity contribution in [1.29, 1.82) is 0 Å². The number of hydrogen-bond donors (Lipinski definition) is 2. The van der Waals surface area contributed by atoms with Crippen LogP contribution >= 0.6 is 22.9 Å². The number of rotatable bonds is 3. The molecule has 2 N–H and O–H groups in total. The molecule has 0 fully saturated rings. The number of para-hydroxylation sites is 2. The van der Waals surface area contributed by atoms with E-state index in [9.17, 15) is 9.59 Å². The zero-order valence-electron chi connectivity index (χ0n) is 12.2. The van der Waals surface area contributed by atoms with Gasteiger partial charge in [0.05, 0.1) is 26.7 Å². The molecule has 2 amide bonds. The SMILES string of the molecule is Cn1c(CC(=O)NNC(=O)c2ccc(Cl)s2)nc2ccccc21. The standard InChI is InChI=1S/C15H13ClN4O2S/c1-20-10-5-3-2-4-9(10)17-13(20)8-14(21)18-19-15(22)11-6-7-12(16)23-11/h2-7H,8H2,1H3,(H,18,21)(H,19,22). The summed E-state index contributed by atoms with van der Waals surface area (Å²) in [5.74, 6) is -0.128. The van der Waals surface area contributed by atoms with Crippen LogP contribution in [0.5, 0.6) is 0 Å². The second-order valence-corrected chi connectivity index (χ2v) is 6.57. The lowest BCUT2D eigenvalue weighted by atomic mass is 10.3. The lowest BCUT2D eigenvalue weighted by molar-refractivity contribution is -0.121. The van der Waals surface area contributed by atoms with Gasteiger partial charge in [0.25, 0.3) is 5.91 Å². The Kier molecular flexibility index (Phi) is 4.31. The maximum Gasteiger partial charge on any atom is 0.279 e. The van der Waals surface area contributed by atoms with Crippen molar-refractivity contribution < 1.29 is 9.59 Å². The Bertz CT molecular complexity index is 887. The van der Waals surface area contributed by atoms with E-state index in [2.05, 4.69) is 15.8 Å². The molecule has 0 saturated carbocycles. The van der Waals surface area contributed by atoms with E-state index in [1.165, 1.54) is 0 Å². The first-order valence-electron chi connectivity index (χ1n) is 6.79. The molecule has 3 rings (SSSR count). The Labute approximate surface area is 141 Å². The van der Waals surface area contributed by atoms with Crippen molar-refractivity contribution in [1.82, 2.24) is 20.4 Å². The van der Waals surface area contributed by atoms with Crippen LogP contribution in [0.3, 0.4) is 0 Å². The maximum absolute atomic E-state index is 12.0. The number of fused-ring (bicyclic) bond motifs is 1. The van der Waals surface area contributed by atoms with Crippen molar-refractivity contribution in [2.24, 2.45) is 7.05 Å². The molecule has 118 valence electrons. The van der Waals surface area contributed by atoms with E-state index in [0.717, 1.165) is 22.4 Å². The van der Waals surface area contributed by atoms with Gasteiger partial charge < -0.3 is 4.57 Å². The summed E-state index contributed by atoms with van der Waals surface area (Å²) in [5, 5.41) is 0. The highest BCUT2D eigenvalue weighted by atomic mass is 35.5. The van der Waals surface area contributed by atoms with Gasteiger partial charge in [0.1, 0.15) is 5.82 Å². The van der Waals surface area contributed by atoms with Gasteiger partial charge in [-0.1, -0.05) is 23.7 Å². The maximum atomic E-state index is 12.0. The number of halogens is 1. The molecule has 0 aliphatic carbocycles. The Balaban J connectivity index is 1.62. The number of benzene rings is 1. The minimum absolute atomic E-state index is 0.0661. The van der Waals surface area contributed by atoms with E-state index in [1.54, 1.807) is 12.1 Å². The van der Waals surface area contributed by atoms with Crippen LogP contribution in [0.2, 0.25) is 4.34 Å². The van der Waals surface area contributed by atoms with Crippen LogP contribution in [-0.2, 0) is 18.3 Å². The third-order valence-electron chi connectivity index (χ3n) is 3.31. The predicted octanol–water partition coefficient (Wildman–Crippen LogP) is 2.29. The van der Waals surface area contributed by atoms with Crippen molar-refractivity contribution in [3.63, 3.8) is 0 Å². The molecule has 0 spiro atoms. The minimum atomic E-state index is -0.403. The topological polar surface area (TPSA) is 76.0 Å². The number of amides is 2. The second-order valence-electron chi connectivity index (χ2n) is 4.86. The van der Waals surface area contributed by atoms with Crippen molar-refractivity contribution in [3.8, 4) is 0 Å². The van der Waals surface area contributed by atoms with Crippen molar-refractivity contribution >= 4 is 45.8 Å². The summed E-state index contributed by atoms with van der Waals surface area (Å²) < 4.78 is 2.37. The Morgan fingerprint density at radius 3 is 2.70 bits per heavy atom. The number of hydrogen-bond acceptors (Lipinski definition) is 4. The number of thiophene rings is 1. The number of imidazole rings is 1. The summed E-state index contributed by atoms with van der Waals surface area (Å²) in [5.41, 5.74) is 6.52. The normalized spacial score (nSPS) is 10.7. The van der Waals surface area contributed by atoms with E-state index in [0.29, 0.717) is 15.0 Å². The molecular formula is C15H13ClN4O2S. The quantitative estimate of drug-likeness (QED) is 0.713. The number of carbonyl (C=O) groups is 2. The van der Waals surface area contributed by atoms with Gasteiger partial charge in [0.15, 0.2) is 0 Å². The van der Waals surface area contributed by atoms with E-state index in [4.69, 9.17) is 11.6 Å². The van der Waals surface area contributed by atoms with Gasteiger partial charge in [-0.05, 0) is 24.3 Å². The molecule has 0 unspecified atom stereocenters. The third-order valence-corrected chi connectivity index (χ3v) is 4.54. The number of nitrogens with one attached hydrogen (secondary N) is 2. The molecule has 0 saturated heterocycles. The zero-order valence-corrected chi connectivity index (χ0v) is 13.7. The molecular weight excluding hydrogens is 336 g/mol. The zero-order chi connectivity index (χ0) is 16.4. The fraction of sp³-hybridized carbons (Fsp3) is 0.133. The summed E-state index contributed by atoms with van der Waals surface area (Å²) in [7, 11) is 1.85. The average molecular weight is 349 g/mol. The van der Waals surface area contributed by atoms with Gasteiger partial charge in [-0.3, -0.25) is 20.4 Å². The largest absolute Gasteiger partial charge is 0.331 e. The van der Waals surface area contributed by atoms with Crippen LogP contribution in [0.25, 0.3) is 11.0 Å². The highest BCUT2D eigenvalue weighted by Gasteiger charge is 2.13. The monoisotopic (exact) mass is 348 g/mol. The third kappa shape index (κ3) is 3.35. The molecule has 0 aliphatic rings. The summed E-state index contributed by atoms with van der Waals surface area (Å²) >= 11 is 6.91. The predicted molar refractivity (Wildman–Crippen MR) is 89.4 cm³/mol. The summed E-state index contributed by atoms with van der Waals surface area (Å²) in [6.45, 7) is 0. The lowest BCUT2D eigenvalue weighted by Crippen LogP contribution is -2.42. The van der Waals surface area contributed by atoms with Crippen LogP contribution < -0.4 is 10.9 Å². The van der Waals surface area contributed by atoms with Gasteiger partial charge >= 0.3 is 0 Å². The first kappa shape index (κ1) is 15.5. The van der Waals surface area contributed by atoms with Gasteiger partial charge in [-0.15, -0.1) is 11.3 Å². The van der Waals surface area contributed by atoms with Crippen LogP contribution in [0.4, 0.5) is 0 Å². The molecule has 0 aliphatic heterocycles. The second kappa shape index (κ2) is 6.39. The van der Waals surface area contributed by atoms with Gasteiger partial charge in [-0.2, -0.15) is 0 Å². The van der Waals surface area contributed by atoms with Crippen molar-refractivity contribution in [2.75, 3.05) is 0 Å².